The third-order valence-corrected chi connectivity index (χ3v) is 6.98. The first-order valence-electron chi connectivity index (χ1n) is 6.69. The van der Waals surface area contributed by atoms with Crippen molar-refractivity contribution in [1.82, 2.24) is 0 Å². The molecule has 0 fully saturated rings. The molecule has 0 atom stereocenters. The third-order valence-electron chi connectivity index (χ3n) is 3.54. The predicted molar refractivity (Wildman–Crippen MR) is 87.2 cm³/mol. The van der Waals surface area contributed by atoms with Crippen LogP contribution < -0.4 is 15.9 Å². The van der Waals surface area contributed by atoms with E-state index in [4.69, 9.17) is 0 Å². The number of hydrogen-bond donors (Lipinski definition) is 0. The summed E-state index contributed by atoms with van der Waals surface area (Å²) in [6.07, 6.45) is 0. The first-order chi connectivity index (χ1) is 9.82. The van der Waals surface area contributed by atoms with E-state index in [0.717, 1.165) is 15.9 Å². The zero-order valence-corrected chi connectivity index (χ0v) is 12.1. The molecule has 0 aliphatic rings. The Morgan fingerprint density at radius 3 is 0.950 bits per heavy atom. The van der Waals surface area contributed by atoms with E-state index in [1.807, 2.05) is 91.0 Å². The molecule has 1 nitrogen and oxygen atoms in total. The molecule has 0 bridgehead atoms. The van der Waals surface area contributed by atoms with Gasteiger partial charge >= 0.3 is 119 Å². The van der Waals surface area contributed by atoms with Crippen LogP contribution in [0.2, 0.25) is 0 Å². The second-order valence-electron chi connectivity index (χ2n) is 4.78. The average Bonchev–Trinajstić information content (AvgIpc) is 2.56. The summed E-state index contributed by atoms with van der Waals surface area (Å²) in [6.45, 7) is 0. The third kappa shape index (κ3) is 2.27. The number of rotatable bonds is 3. The van der Waals surface area contributed by atoms with Crippen LogP contribution in [0, 0.1) is 0 Å². The van der Waals surface area contributed by atoms with Gasteiger partial charge in [-0.15, -0.1) is 0 Å². The SMILES string of the molecule is [O][PH](c1ccccc1)(c1ccccc1)c1ccccc1. The normalized spacial score (nSPS) is 12.1. The van der Waals surface area contributed by atoms with Crippen molar-refractivity contribution in [3.63, 3.8) is 0 Å². The van der Waals surface area contributed by atoms with Gasteiger partial charge in [0.2, 0.25) is 0 Å². The van der Waals surface area contributed by atoms with E-state index in [1.165, 1.54) is 0 Å². The summed E-state index contributed by atoms with van der Waals surface area (Å²) in [5.74, 6) is 0. The molecule has 99 valence electrons. The van der Waals surface area contributed by atoms with Crippen LogP contribution >= 0.6 is 7.49 Å². The van der Waals surface area contributed by atoms with Crippen LogP contribution in [0.15, 0.2) is 91.0 Å². The molecule has 0 saturated heterocycles. The summed E-state index contributed by atoms with van der Waals surface area (Å²) in [4.78, 5) is 13.8. The van der Waals surface area contributed by atoms with Crippen molar-refractivity contribution in [2.24, 2.45) is 0 Å². The van der Waals surface area contributed by atoms with Crippen LogP contribution in [0.4, 0.5) is 0 Å². The molecule has 1 radical (unpaired) electrons. The Hall–Kier alpha value is -1.95. The van der Waals surface area contributed by atoms with E-state index in [-0.39, 0.29) is 0 Å². The zero-order valence-electron chi connectivity index (χ0n) is 11.1. The van der Waals surface area contributed by atoms with Crippen molar-refractivity contribution in [2.75, 3.05) is 0 Å². The van der Waals surface area contributed by atoms with Crippen LogP contribution in [-0.4, -0.2) is 0 Å². The van der Waals surface area contributed by atoms with Crippen LogP contribution in [0.3, 0.4) is 0 Å². The van der Waals surface area contributed by atoms with E-state index in [1.54, 1.807) is 0 Å². The van der Waals surface area contributed by atoms with E-state index in [9.17, 15) is 4.89 Å². The molecule has 20 heavy (non-hydrogen) atoms. The van der Waals surface area contributed by atoms with Gasteiger partial charge in [-0.3, -0.25) is 0 Å². The number of hydrogen-bond acceptors (Lipinski definition) is 0. The first-order valence-corrected chi connectivity index (χ1v) is 8.59. The van der Waals surface area contributed by atoms with Gasteiger partial charge in [-0.2, -0.15) is 0 Å². The van der Waals surface area contributed by atoms with E-state index in [2.05, 4.69) is 0 Å². The molecule has 0 N–H and O–H groups in total. The second kappa shape index (κ2) is 5.58. The van der Waals surface area contributed by atoms with Crippen molar-refractivity contribution in [1.29, 1.82) is 0 Å². The van der Waals surface area contributed by atoms with Gasteiger partial charge in [0.05, 0.1) is 0 Å². The quantitative estimate of drug-likeness (QED) is 0.657. The minimum atomic E-state index is -3.13. The molecule has 0 aliphatic carbocycles. The van der Waals surface area contributed by atoms with Gasteiger partial charge in [0, 0.05) is 0 Å². The fraction of sp³-hybridized carbons (Fsp3) is 0. The molecule has 0 aliphatic heterocycles. The van der Waals surface area contributed by atoms with E-state index >= 15 is 0 Å². The standard InChI is InChI=1S/C18H16OP/c19-20(16-10-4-1-5-11-16,17-12-6-2-7-13-17)18-14-8-3-9-15-18/h1-15,20H. The number of benzene rings is 3. The summed E-state index contributed by atoms with van der Waals surface area (Å²) in [7, 11) is -3.13. The average molecular weight is 279 g/mol. The van der Waals surface area contributed by atoms with Crippen LogP contribution in [0.25, 0.3) is 0 Å². The second-order valence-corrected chi connectivity index (χ2v) is 7.87. The first kappa shape index (κ1) is 13.1. The molecule has 0 saturated carbocycles. The maximum absolute atomic E-state index is 13.8. The predicted octanol–water partition coefficient (Wildman–Crippen LogP) is 3.06. The molecular formula is C18H16OP. The van der Waals surface area contributed by atoms with Crippen molar-refractivity contribution in [3.05, 3.63) is 91.0 Å². The molecule has 2 heteroatoms. The fourth-order valence-electron chi connectivity index (χ4n) is 2.52. The van der Waals surface area contributed by atoms with E-state index in [0.29, 0.717) is 0 Å². The Morgan fingerprint density at radius 2 is 0.700 bits per heavy atom. The van der Waals surface area contributed by atoms with Gasteiger partial charge in [0.25, 0.3) is 0 Å². The summed E-state index contributed by atoms with van der Waals surface area (Å²) < 4.78 is 0. The summed E-state index contributed by atoms with van der Waals surface area (Å²) in [6, 6.07) is 29.3. The summed E-state index contributed by atoms with van der Waals surface area (Å²) in [5.41, 5.74) is 0. The van der Waals surface area contributed by atoms with Gasteiger partial charge in [-0.1, -0.05) is 0 Å². The molecule has 0 unspecified atom stereocenters. The summed E-state index contributed by atoms with van der Waals surface area (Å²) >= 11 is 0. The molecular weight excluding hydrogens is 263 g/mol. The van der Waals surface area contributed by atoms with Crippen molar-refractivity contribution in [2.45, 2.75) is 0 Å². The van der Waals surface area contributed by atoms with Crippen molar-refractivity contribution < 1.29 is 4.89 Å². The molecule has 0 heterocycles. The molecule has 3 aromatic rings. The topological polar surface area (TPSA) is 19.9 Å². The van der Waals surface area contributed by atoms with Crippen molar-refractivity contribution >= 4 is 23.4 Å². The van der Waals surface area contributed by atoms with E-state index < -0.39 is 7.49 Å². The van der Waals surface area contributed by atoms with Gasteiger partial charge in [-0.05, 0) is 0 Å². The Morgan fingerprint density at radius 1 is 0.450 bits per heavy atom. The van der Waals surface area contributed by atoms with Gasteiger partial charge in [0.15, 0.2) is 0 Å². The van der Waals surface area contributed by atoms with Gasteiger partial charge in [-0.25, -0.2) is 0 Å². The molecule has 0 amide bonds. The van der Waals surface area contributed by atoms with Crippen LogP contribution in [-0.2, 0) is 4.89 Å². The molecule has 0 spiro atoms. The van der Waals surface area contributed by atoms with Crippen LogP contribution in [0.1, 0.15) is 0 Å². The maximum atomic E-state index is 13.8. The van der Waals surface area contributed by atoms with Gasteiger partial charge in [0.1, 0.15) is 0 Å². The molecule has 3 aromatic carbocycles. The Kier molecular flexibility index (Phi) is 3.64. The summed E-state index contributed by atoms with van der Waals surface area (Å²) in [5, 5.41) is 2.70. The zero-order chi connectivity index (χ0) is 13.8. The Labute approximate surface area is 120 Å². The van der Waals surface area contributed by atoms with Crippen molar-refractivity contribution in [3.8, 4) is 0 Å². The van der Waals surface area contributed by atoms with Gasteiger partial charge < -0.3 is 0 Å². The fourth-order valence-corrected chi connectivity index (χ4v) is 5.50. The Bertz CT molecular complexity index is 569. The Balaban J connectivity index is 2.24. The molecule has 3 rings (SSSR count). The monoisotopic (exact) mass is 279 g/mol. The minimum absolute atomic E-state index is 0.900. The van der Waals surface area contributed by atoms with Crippen LogP contribution in [0.5, 0.6) is 0 Å². The molecule has 0 aromatic heterocycles.